The van der Waals surface area contributed by atoms with Gasteiger partial charge in [-0.25, -0.2) is 8.42 Å². The molecule has 0 saturated carbocycles. The molecule has 2 aromatic carbocycles. The predicted molar refractivity (Wildman–Crippen MR) is 116 cm³/mol. The fraction of sp³-hybridized carbons (Fsp3) is 0.150. The van der Waals surface area contributed by atoms with Crippen LogP contribution in [0.25, 0.3) is 0 Å². The molecule has 0 unspecified atom stereocenters. The first-order valence-corrected chi connectivity index (χ1v) is 11.4. The highest BCUT2D eigenvalue weighted by Crippen LogP contribution is 2.29. The summed E-state index contributed by atoms with van der Waals surface area (Å²) in [4.78, 5) is 12.4. The first-order valence-electron chi connectivity index (χ1n) is 8.65. The molecule has 1 heterocycles. The third-order valence-corrected chi connectivity index (χ3v) is 6.42. The van der Waals surface area contributed by atoms with E-state index in [0.717, 1.165) is 5.56 Å². The van der Waals surface area contributed by atoms with Crippen LogP contribution in [0, 0.1) is 0 Å². The fourth-order valence-electron chi connectivity index (χ4n) is 2.63. The first kappa shape index (κ1) is 21.2. The van der Waals surface area contributed by atoms with Crippen LogP contribution in [-0.4, -0.2) is 28.0 Å². The summed E-state index contributed by atoms with van der Waals surface area (Å²) >= 11 is 7.56. The van der Waals surface area contributed by atoms with Crippen LogP contribution in [0.15, 0.2) is 64.2 Å². The zero-order valence-corrected chi connectivity index (χ0v) is 17.9. The van der Waals surface area contributed by atoms with Crippen LogP contribution in [-0.2, 0) is 16.4 Å². The predicted octanol–water partition coefficient (Wildman–Crippen LogP) is 4.18. The van der Waals surface area contributed by atoms with Crippen molar-refractivity contribution in [3.8, 4) is 5.75 Å². The summed E-state index contributed by atoms with van der Waals surface area (Å²) in [5, 5.41) is 7.17. The van der Waals surface area contributed by atoms with Crippen molar-refractivity contribution in [2.75, 3.05) is 18.4 Å². The van der Waals surface area contributed by atoms with Crippen molar-refractivity contribution in [3.63, 3.8) is 0 Å². The highest BCUT2D eigenvalue weighted by molar-refractivity contribution is 7.92. The van der Waals surface area contributed by atoms with Crippen LogP contribution in [0.3, 0.4) is 0 Å². The van der Waals surface area contributed by atoms with E-state index in [1.807, 2.05) is 16.8 Å². The lowest BCUT2D eigenvalue weighted by atomic mass is 10.2. The molecule has 6 nitrogen and oxygen atoms in total. The average Bonchev–Trinajstić information content (AvgIpc) is 3.21. The molecule has 0 saturated heterocycles. The number of thiophene rings is 1. The Morgan fingerprint density at radius 1 is 1.17 bits per heavy atom. The molecule has 2 N–H and O–H groups in total. The Bertz CT molecular complexity index is 1100. The lowest BCUT2D eigenvalue weighted by Crippen LogP contribution is -2.26. The molecule has 0 bridgehead atoms. The molecular weight excluding hydrogens is 432 g/mol. The van der Waals surface area contributed by atoms with Gasteiger partial charge in [-0.15, -0.1) is 0 Å². The minimum atomic E-state index is -3.94. The van der Waals surface area contributed by atoms with E-state index >= 15 is 0 Å². The van der Waals surface area contributed by atoms with Gasteiger partial charge in [0.15, 0.2) is 0 Å². The van der Waals surface area contributed by atoms with E-state index in [4.69, 9.17) is 16.3 Å². The molecule has 1 aromatic heterocycles. The van der Waals surface area contributed by atoms with Crippen molar-refractivity contribution >= 4 is 44.6 Å². The fourth-order valence-corrected chi connectivity index (χ4v) is 4.61. The topological polar surface area (TPSA) is 84.5 Å². The lowest BCUT2D eigenvalue weighted by Gasteiger charge is -2.13. The van der Waals surface area contributed by atoms with Crippen molar-refractivity contribution in [2.24, 2.45) is 0 Å². The van der Waals surface area contributed by atoms with Crippen molar-refractivity contribution in [1.29, 1.82) is 0 Å². The van der Waals surface area contributed by atoms with Gasteiger partial charge in [0.05, 0.1) is 17.7 Å². The van der Waals surface area contributed by atoms with E-state index in [0.29, 0.717) is 23.7 Å². The summed E-state index contributed by atoms with van der Waals surface area (Å²) in [5.74, 6) is -0.00193. The van der Waals surface area contributed by atoms with Gasteiger partial charge in [0, 0.05) is 17.1 Å². The highest BCUT2D eigenvalue weighted by atomic mass is 35.5. The zero-order chi connectivity index (χ0) is 20.9. The molecular formula is C20H19ClN2O4S2. The second kappa shape index (κ2) is 9.30. The summed E-state index contributed by atoms with van der Waals surface area (Å²) in [6.07, 6.45) is 0.712. The molecule has 29 heavy (non-hydrogen) atoms. The molecule has 3 aromatic rings. The number of rotatable bonds is 8. The van der Waals surface area contributed by atoms with Gasteiger partial charge in [0.1, 0.15) is 5.75 Å². The third-order valence-electron chi connectivity index (χ3n) is 4.09. The smallest absolute Gasteiger partial charge is 0.262 e. The van der Waals surface area contributed by atoms with E-state index in [2.05, 4.69) is 10.0 Å². The first-order chi connectivity index (χ1) is 13.9. The van der Waals surface area contributed by atoms with Crippen LogP contribution in [0.5, 0.6) is 5.75 Å². The quantitative estimate of drug-likeness (QED) is 0.539. The third kappa shape index (κ3) is 5.50. The van der Waals surface area contributed by atoms with Gasteiger partial charge in [-0.05, 0) is 65.2 Å². The van der Waals surface area contributed by atoms with Crippen molar-refractivity contribution in [2.45, 2.75) is 11.3 Å². The maximum absolute atomic E-state index is 12.8. The number of hydrogen-bond donors (Lipinski definition) is 2. The van der Waals surface area contributed by atoms with Gasteiger partial charge in [0.2, 0.25) is 0 Å². The monoisotopic (exact) mass is 450 g/mol. The van der Waals surface area contributed by atoms with E-state index in [1.165, 1.54) is 31.4 Å². The zero-order valence-electron chi connectivity index (χ0n) is 15.5. The molecule has 9 heteroatoms. The molecule has 0 aliphatic carbocycles. The number of sulfonamides is 1. The minimum absolute atomic E-state index is 0.0370. The summed E-state index contributed by atoms with van der Waals surface area (Å²) in [7, 11) is -2.51. The highest BCUT2D eigenvalue weighted by Gasteiger charge is 2.18. The number of carbonyl (C=O) groups excluding carboxylic acids is 1. The second-order valence-electron chi connectivity index (χ2n) is 6.12. The number of carbonyl (C=O) groups is 1. The standard InChI is InChI=1S/C20H19ClN2O4S2/c1-27-19-6-5-16(21)12-18(19)23-29(25,26)17-4-2-3-15(11-17)20(24)22-9-7-14-8-10-28-13-14/h2-6,8,10-13,23H,7,9H2,1H3,(H,22,24). The number of amides is 1. The van der Waals surface area contributed by atoms with E-state index < -0.39 is 10.0 Å². The second-order valence-corrected chi connectivity index (χ2v) is 9.01. The molecule has 0 spiro atoms. The Hall–Kier alpha value is -2.55. The molecule has 0 radical (unpaired) electrons. The van der Waals surface area contributed by atoms with Crippen LogP contribution in [0.2, 0.25) is 5.02 Å². The van der Waals surface area contributed by atoms with Gasteiger partial charge in [-0.2, -0.15) is 11.3 Å². The molecule has 0 fully saturated rings. The Morgan fingerprint density at radius 3 is 2.72 bits per heavy atom. The maximum atomic E-state index is 12.8. The normalized spacial score (nSPS) is 11.1. The molecule has 0 aliphatic rings. The number of benzene rings is 2. The average molecular weight is 451 g/mol. The molecule has 3 rings (SSSR count). The minimum Gasteiger partial charge on any atom is -0.495 e. The van der Waals surface area contributed by atoms with Crippen molar-refractivity contribution in [1.82, 2.24) is 5.32 Å². The summed E-state index contributed by atoms with van der Waals surface area (Å²) < 4.78 is 33.2. The van der Waals surface area contributed by atoms with Crippen LogP contribution in [0.1, 0.15) is 15.9 Å². The Labute approximate surface area is 178 Å². The number of ether oxygens (including phenoxy) is 1. The molecule has 1 amide bonds. The van der Waals surface area contributed by atoms with E-state index in [-0.39, 0.29) is 22.1 Å². The number of halogens is 1. The van der Waals surface area contributed by atoms with E-state index in [9.17, 15) is 13.2 Å². The van der Waals surface area contributed by atoms with Gasteiger partial charge in [-0.3, -0.25) is 9.52 Å². The summed E-state index contributed by atoms with van der Waals surface area (Å²) in [6, 6.07) is 12.5. The molecule has 152 valence electrons. The largest absolute Gasteiger partial charge is 0.495 e. The molecule has 0 atom stereocenters. The number of hydrogen-bond acceptors (Lipinski definition) is 5. The Morgan fingerprint density at radius 2 is 2.00 bits per heavy atom. The Kier molecular flexibility index (Phi) is 6.79. The van der Waals surface area contributed by atoms with Crippen LogP contribution in [0.4, 0.5) is 5.69 Å². The van der Waals surface area contributed by atoms with Crippen LogP contribution < -0.4 is 14.8 Å². The maximum Gasteiger partial charge on any atom is 0.262 e. The van der Waals surface area contributed by atoms with Crippen LogP contribution >= 0.6 is 22.9 Å². The summed E-state index contributed by atoms with van der Waals surface area (Å²) in [6.45, 7) is 0.463. The summed E-state index contributed by atoms with van der Waals surface area (Å²) in [5.41, 5.74) is 1.62. The SMILES string of the molecule is COc1ccc(Cl)cc1NS(=O)(=O)c1cccc(C(=O)NCCc2ccsc2)c1. The molecule has 0 aliphatic heterocycles. The van der Waals surface area contributed by atoms with Gasteiger partial charge >= 0.3 is 0 Å². The van der Waals surface area contributed by atoms with E-state index in [1.54, 1.807) is 29.5 Å². The van der Waals surface area contributed by atoms with Crippen molar-refractivity contribution in [3.05, 3.63) is 75.4 Å². The van der Waals surface area contributed by atoms with Gasteiger partial charge in [-0.1, -0.05) is 17.7 Å². The number of methoxy groups -OCH3 is 1. The number of anilines is 1. The van der Waals surface area contributed by atoms with Crippen molar-refractivity contribution < 1.29 is 17.9 Å². The Balaban J connectivity index is 1.73. The lowest BCUT2D eigenvalue weighted by molar-refractivity contribution is 0.0954. The number of nitrogens with one attached hydrogen (secondary N) is 2. The van der Waals surface area contributed by atoms with Gasteiger partial charge in [0.25, 0.3) is 15.9 Å². The van der Waals surface area contributed by atoms with Gasteiger partial charge < -0.3 is 10.1 Å².